The zero-order chi connectivity index (χ0) is 33.6. The predicted molar refractivity (Wildman–Crippen MR) is 194 cm³/mol. The van der Waals surface area contributed by atoms with Gasteiger partial charge in [0.15, 0.2) is 0 Å². The van der Waals surface area contributed by atoms with E-state index in [2.05, 4.69) is 20.0 Å². The molecule has 0 aliphatic rings. The highest BCUT2D eigenvalue weighted by Gasteiger charge is 2.02. The fourth-order valence-electron chi connectivity index (χ4n) is 4.31. The van der Waals surface area contributed by atoms with E-state index in [1.54, 1.807) is 97.7 Å². The van der Waals surface area contributed by atoms with E-state index in [-0.39, 0.29) is 23.0 Å². The van der Waals surface area contributed by atoms with E-state index in [1.165, 1.54) is 0 Å². The third kappa shape index (κ3) is 9.12. The van der Waals surface area contributed by atoms with Gasteiger partial charge in [-0.2, -0.15) is 0 Å². The number of phenols is 4. The lowest BCUT2D eigenvalue weighted by Crippen LogP contribution is -1.82. The number of hydrogen-bond donors (Lipinski definition) is 4. The smallest absolute Gasteiger partial charge is 0.124 e. The first-order valence-electron chi connectivity index (χ1n) is 14.9. The highest BCUT2D eigenvalue weighted by Crippen LogP contribution is 2.29. The molecule has 4 N–H and O–H groups in total. The molecule has 0 radical (unpaired) electrons. The van der Waals surface area contributed by atoms with E-state index >= 15 is 0 Å². The van der Waals surface area contributed by atoms with Crippen LogP contribution in [0.25, 0.3) is 0 Å². The van der Waals surface area contributed by atoms with Crippen molar-refractivity contribution in [3.8, 4) is 23.0 Å². The van der Waals surface area contributed by atoms with Gasteiger partial charge in [0.05, 0.1) is 22.7 Å². The van der Waals surface area contributed by atoms with Gasteiger partial charge >= 0.3 is 0 Å². The molecule has 236 valence electrons. The molecule has 0 spiro atoms. The summed E-state index contributed by atoms with van der Waals surface area (Å²) >= 11 is 0. The average Bonchev–Trinajstić information content (AvgIpc) is 3.11. The lowest BCUT2D eigenvalue weighted by molar-refractivity contribution is 0.474. The average molecular weight is 633 g/mol. The Balaban J connectivity index is 0.000000188. The molecule has 0 saturated carbocycles. The highest BCUT2D eigenvalue weighted by molar-refractivity contribution is 5.90. The van der Waals surface area contributed by atoms with Crippen molar-refractivity contribution < 1.29 is 20.4 Å². The van der Waals surface area contributed by atoms with Crippen molar-refractivity contribution in [2.45, 2.75) is 0 Å². The van der Waals surface area contributed by atoms with Crippen LogP contribution < -0.4 is 0 Å². The Morgan fingerprint density at radius 2 is 0.458 bits per heavy atom. The topological polar surface area (TPSA) is 130 Å². The maximum absolute atomic E-state index is 9.79. The van der Waals surface area contributed by atoms with Gasteiger partial charge in [-0.15, -0.1) is 0 Å². The summed E-state index contributed by atoms with van der Waals surface area (Å²) in [7, 11) is 0. The molecule has 0 bridgehead atoms. The van der Waals surface area contributed by atoms with Gasteiger partial charge in [0.2, 0.25) is 0 Å². The number of benzene rings is 6. The van der Waals surface area contributed by atoms with Crippen molar-refractivity contribution in [2.75, 3.05) is 0 Å². The lowest BCUT2D eigenvalue weighted by Gasteiger charge is -2.01. The summed E-state index contributed by atoms with van der Waals surface area (Å²) in [5.74, 6) is 0.709. The Bertz CT molecular complexity index is 1800. The molecule has 6 aromatic carbocycles. The lowest BCUT2D eigenvalue weighted by atomic mass is 10.2. The van der Waals surface area contributed by atoms with Crippen LogP contribution >= 0.6 is 0 Å². The maximum atomic E-state index is 9.79. The van der Waals surface area contributed by atoms with Gasteiger partial charge in [0, 0.05) is 47.1 Å². The van der Waals surface area contributed by atoms with Crippen LogP contribution in [0, 0.1) is 0 Å². The highest BCUT2D eigenvalue weighted by atomic mass is 16.3. The second-order valence-electron chi connectivity index (χ2n) is 10.2. The van der Waals surface area contributed by atoms with E-state index in [9.17, 15) is 20.4 Å². The molecule has 0 fully saturated rings. The Morgan fingerprint density at radius 1 is 0.271 bits per heavy atom. The summed E-state index contributed by atoms with van der Waals surface area (Å²) in [6.07, 6.45) is 6.40. The minimum absolute atomic E-state index is 0.177. The van der Waals surface area contributed by atoms with E-state index < -0.39 is 0 Å². The first kappa shape index (κ1) is 32.6. The fraction of sp³-hybridized carbons (Fsp3) is 0. The molecule has 0 atom stereocenters. The summed E-state index contributed by atoms with van der Waals surface area (Å²) < 4.78 is 0. The van der Waals surface area contributed by atoms with Gasteiger partial charge < -0.3 is 20.4 Å². The van der Waals surface area contributed by atoms with Crippen LogP contribution in [0.5, 0.6) is 23.0 Å². The summed E-state index contributed by atoms with van der Waals surface area (Å²) in [5.41, 5.74) is 5.24. The molecule has 0 amide bonds. The third-order valence-corrected chi connectivity index (χ3v) is 6.88. The Hall–Kier alpha value is -6.80. The van der Waals surface area contributed by atoms with Crippen LogP contribution in [0.1, 0.15) is 22.3 Å². The Morgan fingerprint density at radius 3 is 0.667 bits per heavy atom. The van der Waals surface area contributed by atoms with Gasteiger partial charge in [-0.05, 0) is 72.8 Å². The number of phenolic OH excluding ortho intramolecular Hbond substituents is 4. The van der Waals surface area contributed by atoms with Gasteiger partial charge in [-0.1, -0.05) is 72.8 Å². The quantitative estimate of drug-likeness (QED) is 0.125. The first-order valence-corrected chi connectivity index (χ1v) is 14.9. The van der Waals surface area contributed by atoms with Crippen molar-refractivity contribution in [1.29, 1.82) is 0 Å². The number of hydrogen-bond acceptors (Lipinski definition) is 8. The minimum atomic E-state index is 0.177. The maximum Gasteiger partial charge on any atom is 0.124 e. The molecule has 48 heavy (non-hydrogen) atoms. The first-order chi connectivity index (χ1) is 23.5. The summed E-state index contributed by atoms with van der Waals surface area (Å²) in [6, 6.07) is 42.8. The predicted octanol–water partition coefficient (Wildman–Crippen LogP) is 9.20. The molecule has 0 saturated heterocycles. The van der Waals surface area contributed by atoms with E-state index in [0.717, 1.165) is 0 Å². The second kappa shape index (κ2) is 16.5. The summed E-state index contributed by atoms with van der Waals surface area (Å²) in [6.45, 7) is 0. The normalized spacial score (nSPS) is 11.3. The van der Waals surface area contributed by atoms with Gasteiger partial charge in [0.25, 0.3) is 0 Å². The molecule has 0 aromatic heterocycles. The largest absolute Gasteiger partial charge is 0.507 e. The van der Waals surface area contributed by atoms with Crippen LogP contribution in [-0.4, -0.2) is 45.3 Å². The van der Waals surface area contributed by atoms with Crippen molar-refractivity contribution in [3.63, 3.8) is 0 Å². The number of rotatable bonds is 8. The minimum Gasteiger partial charge on any atom is -0.507 e. The summed E-state index contributed by atoms with van der Waals surface area (Å²) in [5, 5.41) is 39.2. The van der Waals surface area contributed by atoms with Crippen LogP contribution in [-0.2, 0) is 0 Å². The zero-order valence-corrected chi connectivity index (χ0v) is 25.7. The molecule has 6 rings (SSSR count). The fourth-order valence-corrected chi connectivity index (χ4v) is 4.31. The summed E-state index contributed by atoms with van der Waals surface area (Å²) in [4.78, 5) is 17.6. The molecular formula is C40H32N4O4. The zero-order valence-electron chi connectivity index (χ0n) is 25.7. The van der Waals surface area contributed by atoms with Crippen molar-refractivity contribution in [3.05, 3.63) is 168 Å². The molecular weight excluding hydrogens is 600 g/mol. The van der Waals surface area contributed by atoms with Crippen molar-refractivity contribution >= 4 is 47.6 Å². The number of nitrogens with zero attached hydrogens (tertiary/aromatic N) is 4. The third-order valence-electron chi connectivity index (χ3n) is 6.88. The molecule has 0 aliphatic heterocycles. The Kier molecular flexibility index (Phi) is 11.2. The SMILES string of the molecule is Oc1ccccc1C=Nc1ccccc1N=Cc1ccccc1O.Oc1ccccc1C=Nc1ccccc1N=Cc1ccccc1O. The molecule has 8 nitrogen and oxygen atoms in total. The van der Waals surface area contributed by atoms with E-state index in [0.29, 0.717) is 45.0 Å². The molecule has 6 aromatic rings. The molecule has 0 heterocycles. The number of aromatic hydroxyl groups is 4. The molecule has 0 aliphatic carbocycles. The number of para-hydroxylation sites is 8. The monoisotopic (exact) mass is 632 g/mol. The Labute approximate surface area is 278 Å². The second-order valence-corrected chi connectivity index (χ2v) is 10.2. The van der Waals surface area contributed by atoms with Gasteiger partial charge in [-0.3, -0.25) is 20.0 Å². The van der Waals surface area contributed by atoms with Crippen molar-refractivity contribution in [1.82, 2.24) is 0 Å². The van der Waals surface area contributed by atoms with Crippen LogP contribution in [0.2, 0.25) is 0 Å². The van der Waals surface area contributed by atoms with Gasteiger partial charge in [0.1, 0.15) is 23.0 Å². The number of aliphatic imine (C=N–C) groups is 4. The molecule has 0 unspecified atom stereocenters. The van der Waals surface area contributed by atoms with Crippen LogP contribution in [0.3, 0.4) is 0 Å². The molecule has 8 heteroatoms. The van der Waals surface area contributed by atoms with Crippen molar-refractivity contribution in [2.24, 2.45) is 20.0 Å². The van der Waals surface area contributed by atoms with Crippen LogP contribution in [0.4, 0.5) is 22.7 Å². The van der Waals surface area contributed by atoms with Gasteiger partial charge in [-0.25, -0.2) is 0 Å². The van der Waals surface area contributed by atoms with E-state index in [1.807, 2.05) is 72.8 Å². The van der Waals surface area contributed by atoms with E-state index in [4.69, 9.17) is 0 Å². The standard InChI is InChI=1S/2C20H16N2O2/c2*23-19-11-5-1-7-15(19)13-21-17-9-3-4-10-18(17)22-14-16-8-2-6-12-20(16)24/h2*1-14,23-24H. The van der Waals surface area contributed by atoms with Crippen LogP contribution in [0.15, 0.2) is 166 Å².